The molecule has 2 aliphatic heterocycles. The third kappa shape index (κ3) is 6.18. The van der Waals surface area contributed by atoms with Gasteiger partial charge in [0.1, 0.15) is 18.2 Å². The standard InChI is InChI=1S/C24H34N6O2/c1-3-29-11-13-30(14-12-29)15-17-32-22-7-6-21-18-20(22)19-31-16-5-4-10-28(2)23-8-9-25-24(26-21)27-23/h4-9,18H,3,10-17,19H2,1-2H3,(H,25,26,27)/b5-4+. The van der Waals surface area contributed by atoms with E-state index < -0.39 is 0 Å². The van der Waals surface area contributed by atoms with Gasteiger partial charge in [0.2, 0.25) is 5.95 Å². The number of hydrogen-bond donors (Lipinski definition) is 1. The molecule has 1 fully saturated rings. The highest BCUT2D eigenvalue weighted by molar-refractivity contribution is 5.58. The second kappa shape index (κ2) is 11.3. The molecule has 2 aliphatic rings. The van der Waals surface area contributed by atoms with Crippen molar-refractivity contribution in [2.24, 2.45) is 0 Å². The Balaban J connectivity index is 1.43. The first-order chi connectivity index (χ1) is 15.7. The summed E-state index contributed by atoms with van der Waals surface area (Å²) in [5, 5.41) is 3.31. The third-order valence-electron chi connectivity index (χ3n) is 5.94. The summed E-state index contributed by atoms with van der Waals surface area (Å²) in [5.41, 5.74) is 1.93. The molecule has 32 heavy (non-hydrogen) atoms. The molecule has 0 amide bonds. The molecule has 0 unspecified atom stereocenters. The van der Waals surface area contributed by atoms with Crippen LogP contribution in [0.4, 0.5) is 17.5 Å². The van der Waals surface area contributed by atoms with Gasteiger partial charge in [-0.3, -0.25) is 4.90 Å². The van der Waals surface area contributed by atoms with E-state index >= 15 is 0 Å². The van der Waals surface area contributed by atoms with Crippen LogP contribution >= 0.6 is 0 Å². The molecule has 1 aromatic heterocycles. The predicted octanol–water partition coefficient (Wildman–Crippen LogP) is 2.76. The first kappa shape index (κ1) is 22.5. The molecule has 8 nitrogen and oxygen atoms in total. The fourth-order valence-electron chi connectivity index (χ4n) is 3.91. The SMILES string of the molecule is CCN1CCN(CCOc2ccc3cc2COC/C=C/CN(C)c2ccnc(n2)N3)CC1. The summed E-state index contributed by atoms with van der Waals surface area (Å²) in [5.74, 6) is 2.31. The Morgan fingerprint density at radius 1 is 1.09 bits per heavy atom. The van der Waals surface area contributed by atoms with E-state index in [4.69, 9.17) is 9.47 Å². The van der Waals surface area contributed by atoms with Crippen molar-refractivity contribution in [3.8, 4) is 5.75 Å². The summed E-state index contributed by atoms with van der Waals surface area (Å²) in [6.07, 6.45) is 5.91. The maximum atomic E-state index is 6.18. The van der Waals surface area contributed by atoms with Crippen molar-refractivity contribution < 1.29 is 9.47 Å². The van der Waals surface area contributed by atoms with Gasteiger partial charge in [0.05, 0.1) is 13.2 Å². The van der Waals surface area contributed by atoms with Crippen LogP contribution < -0.4 is 15.0 Å². The molecule has 0 atom stereocenters. The molecule has 4 bridgehead atoms. The van der Waals surface area contributed by atoms with Gasteiger partial charge in [0.25, 0.3) is 0 Å². The summed E-state index contributed by atoms with van der Waals surface area (Å²) in [7, 11) is 2.01. The van der Waals surface area contributed by atoms with Gasteiger partial charge in [0, 0.05) is 63.8 Å². The molecule has 1 aromatic carbocycles. The molecule has 0 spiro atoms. The van der Waals surface area contributed by atoms with Crippen molar-refractivity contribution in [1.82, 2.24) is 19.8 Å². The lowest BCUT2D eigenvalue weighted by atomic mass is 10.2. The van der Waals surface area contributed by atoms with E-state index in [9.17, 15) is 0 Å². The van der Waals surface area contributed by atoms with Gasteiger partial charge in [-0.1, -0.05) is 19.1 Å². The van der Waals surface area contributed by atoms with Gasteiger partial charge < -0.3 is 24.6 Å². The normalized spacial score (nSPS) is 19.1. The number of ether oxygens (including phenoxy) is 2. The zero-order valence-corrected chi connectivity index (χ0v) is 19.2. The number of anilines is 3. The highest BCUT2D eigenvalue weighted by Crippen LogP contribution is 2.26. The molecule has 0 saturated carbocycles. The van der Waals surface area contributed by atoms with Crippen LogP contribution in [0.1, 0.15) is 12.5 Å². The van der Waals surface area contributed by atoms with E-state index in [1.165, 1.54) is 0 Å². The van der Waals surface area contributed by atoms with E-state index in [-0.39, 0.29) is 0 Å². The van der Waals surface area contributed by atoms with Crippen LogP contribution in [0.5, 0.6) is 5.75 Å². The minimum absolute atomic E-state index is 0.487. The van der Waals surface area contributed by atoms with Crippen molar-refractivity contribution in [2.75, 3.05) is 76.3 Å². The Labute approximate surface area is 190 Å². The van der Waals surface area contributed by atoms with E-state index in [0.29, 0.717) is 25.8 Å². The van der Waals surface area contributed by atoms with Crippen LogP contribution in [0.2, 0.25) is 0 Å². The van der Waals surface area contributed by atoms with E-state index in [0.717, 1.165) is 68.6 Å². The molecule has 0 radical (unpaired) electrons. The minimum Gasteiger partial charge on any atom is -0.492 e. The quantitative estimate of drug-likeness (QED) is 0.715. The van der Waals surface area contributed by atoms with Gasteiger partial charge in [0.15, 0.2) is 0 Å². The Morgan fingerprint density at radius 2 is 1.94 bits per heavy atom. The predicted molar refractivity (Wildman–Crippen MR) is 128 cm³/mol. The average Bonchev–Trinajstić information content (AvgIpc) is 2.82. The number of benzene rings is 1. The number of piperazine rings is 1. The Morgan fingerprint density at radius 3 is 2.78 bits per heavy atom. The minimum atomic E-state index is 0.487. The Hall–Kier alpha value is -2.68. The smallest absolute Gasteiger partial charge is 0.229 e. The zero-order chi connectivity index (χ0) is 22.2. The summed E-state index contributed by atoms with van der Waals surface area (Å²) in [6, 6.07) is 7.98. The van der Waals surface area contributed by atoms with Gasteiger partial charge in [-0.05, 0) is 30.8 Å². The highest BCUT2D eigenvalue weighted by atomic mass is 16.5. The van der Waals surface area contributed by atoms with E-state index in [1.54, 1.807) is 6.20 Å². The molecule has 1 saturated heterocycles. The lowest BCUT2D eigenvalue weighted by Crippen LogP contribution is -2.47. The van der Waals surface area contributed by atoms with E-state index in [2.05, 4.69) is 49.1 Å². The number of nitrogens with zero attached hydrogens (tertiary/aromatic N) is 5. The topological polar surface area (TPSA) is 66.0 Å². The highest BCUT2D eigenvalue weighted by Gasteiger charge is 2.15. The van der Waals surface area contributed by atoms with Crippen LogP contribution in [0.25, 0.3) is 0 Å². The fraction of sp³-hybridized carbons (Fsp3) is 0.500. The van der Waals surface area contributed by atoms with Crippen molar-refractivity contribution in [1.29, 1.82) is 0 Å². The molecular weight excluding hydrogens is 404 g/mol. The third-order valence-corrected chi connectivity index (χ3v) is 5.94. The van der Waals surface area contributed by atoms with Crippen molar-refractivity contribution in [3.05, 3.63) is 48.2 Å². The van der Waals surface area contributed by atoms with Crippen LogP contribution in [0.15, 0.2) is 42.6 Å². The lowest BCUT2D eigenvalue weighted by molar-refractivity contribution is 0.118. The molecule has 3 heterocycles. The van der Waals surface area contributed by atoms with Crippen LogP contribution in [0, 0.1) is 0 Å². The summed E-state index contributed by atoms with van der Waals surface area (Å²) in [6.45, 7) is 11.3. The van der Waals surface area contributed by atoms with Crippen molar-refractivity contribution in [2.45, 2.75) is 13.5 Å². The lowest BCUT2D eigenvalue weighted by Gasteiger charge is -2.33. The first-order valence-electron chi connectivity index (χ1n) is 11.5. The van der Waals surface area contributed by atoms with Gasteiger partial charge >= 0.3 is 0 Å². The zero-order valence-electron chi connectivity index (χ0n) is 19.2. The Kier molecular flexibility index (Phi) is 7.92. The fourth-order valence-corrected chi connectivity index (χ4v) is 3.91. The van der Waals surface area contributed by atoms with Crippen molar-refractivity contribution in [3.63, 3.8) is 0 Å². The van der Waals surface area contributed by atoms with Crippen LogP contribution in [-0.4, -0.2) is 85.8 Å². The van der Waals surface area contributed by atoms with Crippen LogP contribution in [-0.2, 0) is 11.3 Å². The first-order valence-corrected chi connectivity index (χ1v) is 11.5. The van der Waals surface area contributed by atoms with Crippen LogP contribution in [0.3, 0.4) is 0 Å². The summed E-state index contributed by atoms with van der Waals surface area (Å²) >= 11 is 0. The maximum absolute atomic E-state index is 6.18. The number of fused-ring (bicyclic) bond motifs is 4. The number of rotatable bonds is 5. The van der Waals surface area contributed by atoms with Gasteiger partial charge in [-0.25, -0.2) is 4.98 Å². The van der Waals surface area contributed by atoms with Gasteiger partial charge in [-0.15, -0.1) is 0 Å². The Bertz CT molecular complexity index is 898. The molecule has 2 aromatic rings. The molecular formula is C24H34N6O2. The number of aromatic nitrogens is 2. The molecule has 172 valence electrons. The number of nitrogens with one attached hydrogen (secondary N) is 1. The van der Waals surface area contributed by atoms with Crippen molar-refractivity contribution >= 4 is 17.5 Å². The number of likely N-dealkylation sites (N-methyl/N-ethyl adjacent to an activating group) is 2. The second-order valence-corrected chi connectivity index (χ2v) is 8.18. The average molecular weight is 439 g/mol. The largest absolute Gasteiger partial charge is 0.492 e. The van der Waals surface area contributed by atoms with Gasteiger partial charge in [-0.2, -0.15) is 4.98 Å². The second-order valence-electron chi connectivity index (χ2n) is 8.18. The summed E-state index contributed by atoms with van der Waals surface area (Å²) < 4.78 is 12.1. The maximum Gasteiger partial charge on any atom is 0.229 e. The van der Waals surface area contributed by atoms with E-state index in [1.807, 2.05) is 31.3 Å². The summed E-state index contributed by atoms with van der Waals surface area (Å²) in [4.78, 5) is 16.0. The monoisotopic (exact) mass is 438 g/mol. The molecule has 0 aliphatic carbocycles. The molecule has 1 N–H and O–H groups in total. The molecule has 4 rings (SSSR count). The number of hydrogen-bond acceptors (Lipinski definition) is 8. The molecule has 8 heteroatoms.